The Balaban J connectivity index is 2.52. The van der Waals surface area contributed by atoms with E-state index < -0.39 is 11.7 Å². The summed E-state index contributed by atoms with van der Waals surface area (Å²) in [5, 5.41) is 2.71. The van der Waals surface area contributed by atoms with Gasteiger partial charge in [0.1, 0.15) is 12.1 Å². The summed E-state index contributed by atoms with van der Waals surface area (Å²) in [6.45, 7) is 5.27. The Hall–Kier alpha value is -1.56. The van der Waals surface area contributed by atoms with Crippen molar-refractivity contribution in [3.63, 3.8) is 0 Å². The molecule has 1 aromatic rings. The number of nitrogens with one attached hydrogen (secondary N) is 1. The fourth-order valence-corrected chi connectivity index (χ4v) is 1.79. The fraction of sp³-hybridized carbons (Fsp3) is 0.429. The summed E-state index contributed by atoms with van der Waals surface area (Å²) in [6.07, 6.45) is -0.526. The van der Waals surface area contributed by atoms with Crippen LogP contribution in [0.15, 0.2) is 28.7 Å². The van der Waals surface area contributed by atoms with Gasteiger partial charge in [0.05, 0.1) is 0 Å². The smallest absolute Gasteiger partial charge is 0.410 e. The molecule has 0 atom stereocenters. The van der Waals surface area contributed by atoms with Crippen LogP contribution in [0.1, 0.15) is 20.8 Å². The molecule has 5 nitrogen and oxygen atoms in total. The van der Waals surface area contributed by atoms with Crippen LogP contribution in [0, 0.1) is 0 Å². The second-order valence-corrected chi connectivity index (χ2v) is 6.31. The van der Waals surface area contributed by atoms with Crippen molar-refractivity contribution in [1.82, 2.24) is 4.90 Å². The number of carbonyl (C=O) groups excluding carboxylic acids is 2. The van der Waals surface area contributed by atoms with E-state index in [9.17, 15) is 9.59 Å². The van der Waals surface area contributed by atoms with E-state index in [0.717, 1.165) is 4.47 Å². The van der Waals surface area contributed by atoms with Crippen LogP contribution >= 0.6 is 15.9 Å². The summed E-state index contributed by atoms with van der Waals surface area (Å²) in [5.41, 5.74) is 0.0912. The highest BCUT2D eigenvalue weighted by Crippen LogP contribution is 2.15. The van der Waals surface area contributed by atoms with Crippen LogP contribution < -0.4 is 5.32 Å². The summed E-state index contributed by atoms with van der Waals surface area (Å²) in [4.78, 5) is 24.8. The average Bonchev–Trinajstić information content (AvgIpc) is 2.26. The second-order valence-electron chi connectivity index (χ2n) is 5.39. The first-order valence-corrected chi connectivity index (χ1v) is 6.96. The Bertz CT molecular complexity index is 497. The van der Waals surface area contributed by atoms with E-state index in [2.05, 4.69) is 21.2 Å². The van der Waals surface area contributed by atoms with Gasteiger partial charge in [0.2, 0.25) is 5.91 Å². The zero-order valence-corrected chi connectivity index (χ0v) is 13.7. The van der Waals surface area contributed by atoms with Gasteiger partial charge in [0, 0.05) is 17.2 Å². The van der Waals surface area contributed by atoms with Crippen molar-refractivity contribution in [2.75, 3.05) is 18.9 Å². The Kier molecular flexibility index (Phi) is 5.56. The number of ether oxygens (including phenoxy) is 1. The van der Waals surface area contributed by atoms with Crippen molar-refractivity contribution in [2.45, 2.75) is 26.4 Å². The molecule has 0 aliphatic carbocycles. The number of halogens is 1. The summed E-state index contributed by atoms with van der Waals surface area (Å²) in [7, 11) is 1.52. The number of carbonyl (C=O) groups is 2. The number of benzene rings is 1. The first-order valence-electron chi connectivity index (χ1n) is 6.17. The number of anilines is 1. The maximum Gasteiger partial charge on any atom is 0.410 e. The molecule has 6 heteroatoms. The molecule has 0 radical (unpaired) electrons. The summed E-state index contributed by atoms with van der Waals surface area (Å²) < 4.78 is 6.04. The van der Waals surface area contributed by atoms with Gasteiger partial charge in [-0.3, -0.25) is 4.79 Å². The van der Waals surface area contributed by atoms with Crippen molar-refractivity contribution >= 4 is 33.6 Å². The van der Waals surface area contributed by atoms with Crippen LogP contribution in [-0.2, 0) is 9.53 Å². The molecular formula is C14H19BrN2O3. The van der Waals surface area contributed by atoms with Gasteiger partial charge in [0.15, 0.2) is 0 Å². The normalized spacial score (nSPS) is 10.8. The predicted octanol–water partition coefficient (Wildman–Crippen LogP) is 3.25. The molecule has 1 aromatic carbocycles. The largest absolute Gasteiger partial charge is 0.444 e. The fourth-order valence-electron chi connectivity index (χ4n) is 1.39. The number of likely N-dealkylation sites (N-methyl/N-ethyl adjacent to an activating group) is 1. The van der Waals surface area contributed by atoms with Gasteiger partial charge >= 0.3 is 6.09 Å². The van der Waals surface area contributed by atoms with E-state index in [4.69, 9.17) is 4.74 Å². The third kappa shape index (κ3) is 6.06. The van der Waals surface area contributed by atoms with Crippen molar-refractivity contribution in [2.24, 2.45) is 0 Å². The van der Waals surface area contributed by atoms with E-state index in [1.165, 1.54) is 11.9 Å². The van der Waals surface area contributed by atoms with E-state index in [0.29, 0.717) is 5.69 Å². The summed E-state index contributed by atoms with van der Waals surface area (Å²) >= 11 is 3.32. The van der Waals surface area contributed by atoms with Crippen molar-refractivity contribution < 1.29 is 14.3 Å². The number of hydrogen-bond donors (Lipinski definition) is 1. The first-order chi connectivity index (χ1) is 9.17. The standard InChI is InChI=1S/C14H19BrN2O3/c1-14(2,3)20-13(19)17(4)9-12(18)16-11-7-5-6-10(15)8-11/h5-8H,9H2,1-4H3,(H,16,18). The maximum absolute atomic E-state index is 11.8. The van der Waals surface area contributed by atoms with Gasteiger partial charge in [0.25, 0.3) is 0 Å². The number of hydrogen-bond acceptors (Lipinski definition) is 3. The highest BCUT2D eigenvalue weighted by molar-refractivity contribution is 9.10. The number of rotatable bonds is 3. The first kappa shape index (κ1) is 16.5. The minimum Gasteiger partial charge on any atom is -0.444 e. The average molecular weight is 343 g/mol. The Morgan fingerprint density at radius 3 is 2.55 bits per heavy atom. The molecule has 1 N–H and O–H groups in total. The molecule has 0 saturated carbocycles. The van der Waals surface area contributed by atoms with Gasteiger partial charge in [-0.1, -0.05) is 22.0 Å². The Labute approximate surface area is 127 Å². The van der Waals surface area contributed by atoms with Crippen LogP contribution in [0.4, 0.5) is 10.5 Å². The summed E-state index contributed by atoms with van der Waals surface area (Å²) in [5.74, 6) is -0.281. The van der Waals surface area contributed by atoms with E-state index in [1.807, 2.05) is 12.1 Å². The van der Waals surface area contributed by atoms with Gasteiger partial charge in [-0.2, -0.15) is 0 Å². The second kappa shape index (κ2) is 6.74. The maximum atomic E-state index is 11.8. The molecular weight excluding hydrogens is 324 g/mol. The lowest BCUT2D eigenvalue weighted by Crippen LogP contribution is -2.38. The van der Waals surface area contributed by atoms with Crippen LogP contribution in [0.3, 0.4) is 0 Å². The molecule has 0 saturated heterocycles. The van der Waals surface area contributed by atoms with E-state index >= 15 is 0 Å². The van der Waals surface area contributed by atoms with Crippen LogP contribution in [-0.4, -0.2) is 36.1 Å². The molecule has 0 spiro atoms. The predicted molar refractivity (Wildman–Crippen MR) is 81.6 cm³/mol. The van der Waals surface area contributed by atoms with Crippen molar-refractivity contribution in [3.05, 3.63) is 28.7 Å². The lowest BCUT2D eigenvalue weighted by Gasteiger charge is -2.24. The molecule has 0 bridgehead atoms. The minimum absolute atomic E-state index is 0.0680. The number of amides is 2. The monoisotopic (exact) mass is 342 g/mol. The van der Waals surface area contributed by atoms with Gasteiger partial charge in [-0.25, -0.2) is 4.79 Å². The highest BCUT2D eigenvalue weighted by atomic mass is 79.9. The summed E-state index contributed by atoms with van der Waals surface area (Å²) in [6, 6.07) is 7.24. The molecule has 0 fully saturated rings. The molecule has 0 aromatic heterocycles. The zero-order valence-electron chi connectivity index (χ0n) is 12.1. The molecule has 1 rings (SSSR count). The molecule has 0 aliphatic heterocycles. The zero-order chi connectivity index (χ0) is 15.3. The van der Waals surface area contributed by atoms with Gasteiger partial charge in [-0.05, 0) is 39.0 Å². The SMILES string of the molecule is CN(CC(=O)Nc1cccc(Br)c1)C(=O)OC(C)(C)C. The Morgan fingerprint density at radius 1 is 1.35 bits per heavy atom. The van der Waals surface area contributed by atoms with E-state index in [1.54, 1.807) is 32.9 Å². The lowest BCUT2D eigenvalue weighted by molar-refractivity contribution is -0.117. The third-order valence-electron chi connectivity index (χ3n) is 2.19. The van der Waals surface area contributed by atoms with Crippen LogP contribution in [0.2, 0.25) is 0 Å². The highest BCUT2D eigenvalue weighted by Gasteiger charge is 2.21. The Morgan fingerprint density at radius 2 is 2.00 bits per heavy atom. The molecule has 0 aliphatic rings. The topological polar surface area (TPSA) is 58.6 Å². The third-order valence-corrected chi connectivity index (χ3v) is 2.69. The molecule has 2 amide bonds. The van der Waals surface area contributed by atoms with E-state index in [-0.39, 0.29) is 12.5 Å². The lowest BCUT2D eigenvalue weighted by atomic mass is 10.2. The van der Waals surface area contributed by atoms with Crippen LogP contribution in [0.5, 0.6) is 0 Å². The van der Waals surface area contributed by atoms with Gasteiger partial charge < -0.3 is 15.0 Å². The van der Waals surface area contributed by atoms with Crippen molar-refractivity contribution in [1.29, 1.82) is 0 Å². The molecule has 110 valence electrons. The quantitative estimate of drug-likeness (QED) is 0.917. The van der Waals surface area contributed by atoms with Crippen LogP contribution in [0.25, 0.3) is 0 Å². The van der Waals surface area contributed by atoms with Gasteiger partial charge in [-0.15, -0.1) is 0 Å². The number of nitrogens with zero attached hydrogens (tertiary/aromatic N) is 1. The molecule has 0 heterocycles. The molecule has 0 unspecified atom stereocenters. The molecule has 20 heavy (non-hydrogen) atoms. The minimum atomic E-state index is -0.577. The van der Waals surface area contributed by atoms with Crippen molar-refractivity contribution in [3.8, 4) is 0 Å².